The highest BCUT2D eigenvalue weighted by molar-refractivity contribution is 5.70. The summed E-state index contributed by atoms with van der Waals surface area (Å²) in [6.07, 6.45) is 4.38. The van der Waals surface area contributed by atoms with E-state index in [0.717, 1.165) is 36.8 Å². The van der Waals surface area contributed by atoms with Crippen LogP contribution in [0.1, 0.15) is 92.1 Å². The van der Waals surface area contributed by atoms with Crippen LogP contribution in [-0.2, 0) is 35.0 Å². The van der Waals surface area contributed by atoms with Crippen LogP contribution < -0.4 is 0 Å². The van der Waals surface area contributed by atoms with Gasteiger partial charge in [0.15, 0.2) is 0 Å². The molecule has 6 heteroatoms. The summed E-state index contributed by atoms with van der Waals surface area (Å²) in [6, 6.07) is 10.1. The molecule has 0 spiro atoms. The Morgan fingerprint density at radius 2 is 1.62 bits per heavy atom. The van der Waals surface area contributed by atoms with Crippen LogP contribution in [0.4, 0.5) is 0 Å². The molecule has 4 rings (SSSR count). The quantitative estimate of drug-likeness (QED) is 0.208. The number of rotatable bonds is 7. The van der Waals surface area contributed by atoms with Gasteiger partial charge < -0.3 is 14.2 Å². The number of carbonyl (C=O) groups is 3. The van der Waals surface area contributed by atoms with Crippen LogP contribution in [0, 0.1) is 22.7 Å². The van der Waals surface area contributed by atoms with E-state index in [1.165, 1.54) is 25.0 Å². The molecule has 1 aromatic carbocycles. The van der Waals surface area contributed by atoms with Crippen molar-refractivity contribution in [1.29, 1.82) is 0 Å². The fraction of sp³-hybridized carbons (Fsp3) is 0.618. The summed E-state index contributed by atoms with van der Waals surface area (Å²) >= 11 is 0. The Morgan fingerprint density at radius 3 is 2.27 bits per heavy atom. The van der Waals surface area contributed by atoms with E-state index < -0.39 is 12.2 Å². The molecule has 0 unspecified atom stereocenters. The lowest BCUT2D eigenvalue weighted by atomic mass is 9.50. The summed E-state index contributed by atoms with van der Waals surface area (Å²) in [6.45, 7) is 16.1. The normalized spacial score (nSPS) is 31.4. The van der Waals surface area contributed by atoms with Gasteiger partial charge in [0, 0.05) is 32.1 Å². The third kappa shape index (κ3) is 6.21. The number of benzene rings is 1. The van der Waals surface area contributed by atoms with Crippen molar-refractivity contribution in [3.05, 3.63) is 59.2 Å². The molecule has 0 radical (unpaired) electrons. The van der Waals surface area contributed by atoms with Crippen LogP contribution in [-0.4, -0.2) is 36.2 Å². The predicted octanol–water partition coefficient (Wildman–Crippen LogP) is 6.91. The molecule has 2 bridgehead atoms. The second-order valence-electron chi connectivity index (χ2n) is 13.0. The van der Waals surface area contributed by atoms with Gasteiger partial charge >= 0.3 is 17.9 Å². The van der Waals surface area contributed by atoms with Gasteiger partial charge in [-0.25, -0.2) is 0 Å². The van der Waals surface area contributed by atoms with Crippen molar-refractivity contribution in [2.24, 2.45) is 22.7 Å². The van der Waals surface area contributed by atoms with Crippen molar-refractivity contribution in [2.75, 3.05) is 0 Å². The molecule has 40 heavy (non-hydrogen) atoms. The van der Waals surface area contributed by atoms with Gasteiger partial charge in [-0.3, -0.25) is 14.4 Å². The van der Waals surface area contributed by atoms with Gasteiger partial charge in [-0.1, -0.05) is 63.3 Å². The molecule has 0 aromatic heterocycles. The number of hydrogen-bond acceptors (Lipinski definition) is 6. The van der Waals surface area contributed by atoms with Crippen LogP contribution in [0.15, 0.2) is 53.6 Å². The fourth-order valence-corrected chi connectivity index (χ4v) is 8.00. The molecule has 0 N–H and O–H groups in total. The lowest BCUT2D eigenvalue weighted by Crippen LogP contribution is -2.57. The van der Waals surface area contributed by atoms with Gasteiger partial charge in [-0.15, -0.1) is 0 Å². The first kappa shape index (κ1) is 30.1. The number of fused-ring (bicyclic) bond motifs is 3. The Balaban J connectivity index is 1.61. The van der Waals surface area contributed by atoms with Crippen molar-refractivity contribution in [1.82, 2.24) is 0 Å². The molecule has 0 heterocycles. The van der Waals surface area contributed by atoms with E-state index >= 15 is 0 Å². The van der Waals surface area contributed by atoms with E-state index in [-0.39, 0.29) is 46.7 Å². The summed E-state index contributed by atoms with van der Waals surface area (Å²) in [5.41, 5.74) is 3.72. The number of hydrogen-bond donors (Lipinski definition) is 0. The van der Waals surface area contributed by atoms with E-state index in [1.807, 2.05) is 18.2 Å². The Labute approximate surface area is 239 Å². The van der Waals surface area contributed by atoms with Crippen molar-refractivity contribution >= 4 is 17.9 Å². The maximum Gasteiger partial charge on any atom is 0.306 e. The first-order valence-electron chi connectivity index (χ1n) is 14.8. The molecule has 0 aliphatic heterocycles. The zero-order chi connectivity index (χ0) is 29.2. The molecular formula is C34H46O6. The second-order valence-corrected chi connectivity index (χ2v) is 13.0. The molecule has 3 aliphatic carbocycles. The number of ether oxygens (including phenoxy) is 3. The first-order valence-corrected chi connectivity index (χ1v) is 14.8. The number of carbonyl (C=O) groups excluding carboxylic acids is 3. The Hall–Kier alpha value is -2.89. The van der Waals surface area contributed by atoms with E-state index in [1.54, 1.807) is 0 Å². The zero-order valence-electron chi connectivity index (χ0n) is 25.1. The second kappa shape index (κ2) is 11.9. The predicted molar refractivity (Wildman–Crippen MR) is 154 cm³/mol. The van der Waals surface area contributed by atoms with Gasteiger partial charge in [-0.05, 0) is 79.4 Å². The molecule has 0 amide bonds. The topological polar surface area (TPSA) is 78.9 Å². The summed E-state index contributed by atoms with van der Waals surface area (Å²) in [4.78, 5) is 37.7. The Bertz CT molecular complexity index is 1160. The molecule has 2 saturated carbocycles. The highest BCUT2D eigenvalue weighted by atomic mass is 16.6. The van der Waals surface area contributed by atoms with E-state index in [9.17, 15) is 14.4 Å². The summed E-state index contributed by atoms with van der Waals surface area (Å²) in [5, 5.41) is 0. The van der Waals surface area contributed by atoms with E-state index in [2.05, 4.69) is 46.4 Å². The van der Waals surface area contributed by atoms with Crippen LogP contribution in [0.3, 0.4) is 0 Å². The van der Waals surface area contributed by atoms with Gasteiger partial charge in [0.25, 0.3) is 0 Å². The first-order chi connectivity index (χ1) is 18.8. The Kier molecular flexibility index (Phi) is 8.96. The minimum absolute atomic E-state index is 0.00913. The highest BCUT2D eigenvalue weighted by Crippen LogP contribution is 2.60. The van der Waals surface area contributed by atoms with Crippen molar-refractivity contribution in [3.8, 4) is 0 Å². The van der Waals surface area contributed by atoms with Crippen molar-refractivity contribution in [2.45, 2.75) is 111 Å². The number of allylic oxidation sites excluding steroid dienone is 1. The number of esters is 3. The molecular weight excluding hydrogens is 504 g/mol. The van der Waals surface area contributed by atoms with Crippen LogP contribution in [0.2, 0.25) is 0 Å². The largest absolute Gasteiger partial charge is 0.462 e. The van der Waals surface area contributed by atoms with Crippen molar-refractivity contribution < 1.29 is 28.6 Å². The van der Waals surface area contributed by atoms with Gasteiger partial charge in [-0.2, -0.15) is 0 Å². The summed E-state index contributed by atoms with van der Waals surface area (Å²) < 4.78 is 18.3. The average molecular weight is 551 g/mol. The SMILES string of the molecule is C=C1[C@@H](OC(=O)CCCc2ccccc2)CC[C@@]2(C)C[C@H](OC(C)=O)C3=C(C)CC[C@@H]([C@@H](OC(C)=O)[C@H]12)C3(C)C. The minimum atomic E-state index is -0.435. The fourth-order valence-electron chi connectivity index (χ4n) is 8.00. The van der Waals surface area contributed by atoms with Gasteiger partial charge in [0.05, 0.1) is 0 Å². The average Bonchev–Trinajstić information content (AvgIpc) is 2.84. The minimum Gasteiger partial charge on any atom is -0.462 e. The summed E-state index contributed by atoms with van der Waals surface area (Å²) in [5.74, 6) is -1.06. The number of aryl methyl sites for hydroxylation is 1. The summed E-state index contributed by atoms with van der Waals surface area (Å²) in [7, 11) is 0. The maximum absolute atomic E-state index is 12.9. The Morgan fingerprint density at radius 1 is 0.950 bits per heavy atom. The molecule has 218 valence electrons. The highest BCUT2D eigenvalue weighted by Gasteiger charge is 2.58. The lowest BCUT2D eigenvalue weighted by molar-refractivity contribution is -0.171. The van der Waals surface area contributed by atoms with Gasteiger partial charge in [0.2, 0.25) is 0 Å². The van der Waals surface area contributed by atoms with E-state index in [0.29, 0.717) is 25.7 Å². The molecule has 3 aliphatic rings. The molecule has 6 nitrogen and oxygen atoms in total. The molecule has 0 saturated heterocycles. The molecule has 1 aromatic rings. The van der Waals surface area contributed by atoms with Crippen LogP contribution in [0.25, 0.3) is 0 Å². The van der Waals surface area contributed by atoms with E-state index in [4.69, 9.17) is 14.2 Å². The zero-order valence-corrected chi connectivity index (χ0v) is 25.1. The van der Waals surface area contributed by atoms with Crippen molar-refractivity contribution in [3.63, 3.8) is 0 Å². The van der Waals surface area contributed by atoms with Crippen LogP contribution >= 0.6 is 0 Å². The molecule has 2 fully saturated rings. The third-order valence-corrected chi connectivity index (χ3v) is 9.72. The molecule has 6 atom stereocenters. The standard InChI is InChI=1S/C34H46O6/c1-21-16-17-26-32(39-24(4)36)31-22(2)27(40-29(37)15-11-14-25-12-9-8-10-13-25)18-19-34(31,7)20-28(38-23(3)35)30(21)33(26,5)6/h8-10,12-13,26-28,31-32H,2,11,14-20H2,1,3-7H3/t26-,27-,28-,31-,32+,34-/m0/s1. The maximum atomic E-state index is 12.9. The monoisotopic (exact) mass is 550 g/mol. The van der Waals surface area contributed by atoms with Crippen LogP contribution in [0.5, 0.6) is 0 Å². The smallest absolute Gasteiger partial charge is 0.306 e. The lowest BCUT2D eigenvalue weighted by Gasteiger charge is -2.57. The van der Waals surface area contributed by atoms with Gasteiger partial charge in [0.1, 0.15) is 18.3 Å². The third-order valence-electron chi connectivity index (χ3n) is 9.72.